The number of alkyl halides is 1. The molecule has 1 saturated heterocycles. The second-order valence-electron chi connectivity index (χ2n) is 7.51. The van der Waals surface area contributed by atoms with E-state index in [1.165, 1.54) is 23.0 Å². The highest BCUT2D eigenvalue weighted by molar-refractivity contribution is 5.56. The minimum Gasteiger partial charge on any atom is -0.485 e. The second-order valence-corrected chi connectivity index (χ2v) is 7.51. The van der Waals surface area contributed by atoms with E-state index >= 15 is 0 Å². The van der Waals surface area contributed by atoms with Crippen LogP contribution in [0.4, 0.5) is 4.39 Å². The molecule has 0 spiro atoms. The average Bonchev–Trinajstić information content (AvgIpc) is 3.41. The van der Waals surface area contributed by atoms with Gasteiger partial charge in [-0.2, -0.15) is 5.10 Å². The first-order chi connectivity index (χ1) is 17.1. The van der Waals surface area contributed by atoms with Gasteiger partial charge < -0.3 is 9.47 Å². The van der Waals surface area contributed by atoms with Gasteiger partial charge in [-0.05, 0) is 18.6 Å². The van der Waals surface area contributed by atoms with Gasteiger partial charge in [0.15, 0.2) is 11.6 Å². The Bertz CT molecular complexity index is 1190. The van der Waals surface area contributed by atoms with Crippen molar-refractivity contribution in [3.8, 4) is 17.1 Å². The molecule has 1 atom stereocenters. The molecular weight excluding hydrogens is 447 g/mol. The van der Waals surface area contributed by atoms with Crippen LogP contribution >= 0.6 is 0 Å². The van der Waals surface area contributed by atoms with E-state index in [9.17, 15) is 9.18 Å². The average molecular weight is 477 g/mol. The number of hydrogen-bond acceptors (Lipinski definition) is 6. The molecule has 0 bridgehead atoms. The van der Waals surface area contributed by atoms with E-state index in [1.54, 1.807) is 30.6 Å². The topological polar surface area (TPSA) is 79.1 Å². The Labute approximate surface area is 204 Å². The molecule has 3 heterocycles. The van der Waals surface area contributed by atoms with Crippen molar-refractivity contribution in [2.45, 2.75) is 25.9 Å². The van der Waals surface area contributed by atoms with E-state index in [0.717, 1.165) is 18.6 Å². The number of allylic oxidation sites excluding steroid dienone is 5. The fourth-order valence-electron chi connectivity index (χ4n) is 3.23. The molecule has 4 rings (SSSR count). The smallest absolute Gasteiger partial charge is 0.203 e. The van der Waals surface area contributed by atoms with Gasteiger partial charge in [0.1, 0.15) is 18.5 Å². The molecule has 1 aromatic carbocycles. The van der Waals surface area contributed by atoms with Gasteiger partial charge in [0.25, 0.3) is 0 Å². The van der Waals surface area contributed by atoms with Crippen LogP contribution in [0.15, 0.2) is 90.7 Å². The second kappa shape index (κ2) is 13.7. The molecule has 0 radical (unpaired) electrons. The first-order valence-corrected chi connectivity index (χ1v) is 11.4. The maximum atomic E-state index is 12.4. The lowest BCUT2D eigenvalue weighted by Gasteiger charge is -2.10. The minimum absolute atomic E-state index is 0.101. The summed E-state index contributed by atoms with van der Waals surface area (Å²) in [6.45, 7) is 6.23. The van der Waals surface area contributed by atoms with Crippen LogP contribution in [-0.2, 0) is 11.2 Å². The van der Waals surface area contributed by atoms with Gasteiger partial charge in [-0.3, -0.25) is 4.79 Å². The van der Waals surface area contributed by atoms with E-state index in [1.807, 2.05) is 37.3 Å². The zero-order valence-corrected chi connectivity index (χ0v) is 19.7. The highest BCUT2D eigenvalue weighted by Crippen LogP contribution is 2.18. The zero-order chi connectivity index (χ0) is 24.9. The van der Waals surface area contributed by atoms with Gasteiger partial charge in [-0.1, -0.05) is 56.0 Å². The normalized spacial score (nSPS) is 15.5. The molecule has 7 nitrogen and oxygen atoms in total. The van der Waals surface area contributed by atoms with Crippen molar-refractivity contribution in [2.24, 2.45) is 0 Å². The quantitative estimate of drug-likeness (QED) is 0.440. The first kappa shape index (κ1) is 25.7. The number of halogens is 1. The summed E-state index contributed by atoms with van der Waals surface area (Å²) in [5.74, 6) is 1.41. The number of hydrogen-bond donors (Lipinski definition) is 0. The summed E-state index contributed by atoms with van der Waals surface area (Å²) in [7, 11) is 0. The molecule has 1 aliphatic rings. The largest absolute Gasteiger partial charge is 0.485 e. The molecule has 1 unspecified atom stereocenters. The zero-order valence-electron chi connectivity index (χ0n) is 19.7. The standard InChI is InChI=1S/C14H14N2O2.C13H15FN2O/c1-2-4-11(5-3-1)14-15-8-13(9-16-14)18-12-6-7-17-10-12;1-3-5-6-11(7-9-14)16-10-8-13(17)12(4-2)15-16/h1-5,8-9,12H,6-7,10H2;3,5-8,10H,1,4,9H2,2H3/b;6-5-,11-7+. The van der Waals surface area contributed by atoms with E-state index in [-0.39, 0.29) is 11.5 Å². The van der Waals surface area contributed by atoms with Crippen molar-refractivity contribution in [3.05, 3.63) is 102 Å². The fourth-order valence-corrected chi connectivity index (χ4v) is 3.23. The lowest BCUT2D eigenvalue weighted by atomic mass is 10.2. The maximum absolute atomic E-state index is 12.4. The van der Waals surface area contributed by atoms with Crippen molar-refractivity contribution in [3.63, 3.8) is 0 Å². The molecule has 0 aliphatic carbocycles. The third-order valence-corrected chi connectivity index (χ3v) is 5.02. The Morgan fingerprint density at radius 2 is 2.03 bits per heavy atom. The van der Waals surface area contributed by atoms with Gasteiger partial charge in [-0.25, -0.2) is 19.0 Å². The van der Waals surface area contributed by atoms with Gasteiger partial charge in [-0.15, -0.1) is 0 Å². The number of rotatable bonds is 8. The third kappa shape index (κ3) is 7.82. The van der Waals surface area contributed by atoms with Crippen LogP contribution in [-0.4, -0.2) is 45.7 Å². The van der Waals surface area contributed by atoms with Crippen LogP contribution in [0.1, 0.15) is 19.0 Å². The molecule has 2 aromatic heterocycles. The van der Waals surface area contributed by atoms with Crippen molar-refractivity contribution >= 4 is 5.70 Å². The number of aryl methyl sites for hydroxylation is 1. The molecule has 3 aromatic rings. The van der Waals surface area contributed by atoms with Crippen molar-refractivity contribution in [1.29, 1.82) is 0 Å². The molecule has 1 aliphatic heterocycles. The Morgan fingerprint density at radius 3 is 2.66 bits per heavy atom. The van der Waals surface area contributed by atoms with Gasteiger partial charge >= 0.3 is 0 Å². The SMILES string of the molecule is C=C/C=C\C(=C/CF)n1ccc(=O)c(CC)n1.c1ccc(-c2ncc(OC3CCOC3)cn2)cc1. The van der Waals surface area contributed by atoms with Crippen LogP contribution in [0.25, 0.3) is 17.1 Å². The van der Waals surface area contributed by atoms with Crippen LogP contribution in [0, 0.1) is 0 Å². The number of nitrogens with zero attached hydrogens (tertiary/aromatic N) is 4. The Hall–Kier alpha value is -3.91. The molecule has 1 fully saturated rings. The van der Waals surface area contributed by atoms with E-state index < -0.39 is 6.67 Å². The molecule has 182 valence electrons. The summed E-state index contributed by atoms with van der Waals surface area (Å²) in [6.07, 6.45) is 12.9. The summed E-state index contributed by atoms with van der Waals surface area (Å²) >= 11 is 0. The lowest BCUT2D eigenvalue weighted by Crippen LogP contribution is -2.15. The summed E-state index contributed by atoms with van der Waals surface area (Å²) < 4.78 is 24.8. The van der Waals surface area contributed by atoms with Crippen LogP contribution < -0.4 is 10.2 Å². The fraction of sp³-hybridized carbons (Fsp3) is 0.259. The van der Waals surface area contributed by atoms with E-state index in [2.05, 4.69) is 21.6 Å². The van der Waals surface area contributed by atoms with E-state index in [4.69, 9.17) is 9.47 Å². The summed E-state index contributed by atoms with van der Waals surface area (Å²) in [5.41, 5.74) is 1.94. The van der Waals surface area contributed by atoms with Crippen LogP contribution in [0.3, 0.4) is 0 Å². The summed E-state index contributed by atoms with van der Waals surface area (Å²) in [4.78, 5) is 20.0. The Morgan fingerprint density at radius 1 is 1.26 bits per heavy atom. The third-order valence-electron chi connectivity index (χ3n) is 5.02. The predicted molar refractivity (Wildman–Crippen MR) is 135 cm³/mol. The Kier molecular flexibility index (Phi) is 10.1. The van der Waals surface area contributed by atoms with Crippen molar-refractivity contribution in [2.75, 3.05) is 19.9 Å². The number of benzene rings is 1. The summed E-state index contributed by atoms with van der Waals surface area (Å²) in [6, 6.07) is 11.3. The molecule has 0 amide bonds. The first-order valence-electron chi connectivity index (χ1n) is 11.4. The van der Waals surface area contributed by atoms with Gasteiger partial charge in [0.05, 0.1) is 31.3 Å². The highest BCUT2D eigenvalue weighted by Gasteiger charge is 2.17. The van der Waals surface area contributed by atoms with Crippen molar-refractivity contribution < 1.29 is 13.9 Å². The molecular formula is C27H29FN4O3. The van der Waals surface area contributed by atoms with Gasteiger partial charge in [0.2, 0.25) is 5.43 Å². The number of ether oxygens (including phenoxy) is 2. The summed E-state index contributed by atoms with van der Waals surface area (Å²) in [5, 5.41) is 4.15. The number of aromatic nitrogens is 4. The minimum atomic E-state index is -0.591. The van der Waals surface area contributed by atoms with Crippen molar-refractivity contribution in [1.82, 2.24) is 19.7 Å². The van der Waals surface area contributed by atoms with Crippen LogP contribution in [0.5, 0.6) is 5.75 Å². The predicted octanol–water partition coefficient (Wildman–Crippen LogP) is 4.67. The van der Waals surface area contributed by atoms with Crippen LogP contribution in [0.2, 0.25) is 0 Å². The van der Waals surface area contributed by atoms with Gasteiger partial charge in [0, 0.05) is 24.2 Å². The lowest BCUT2D eigenvalue weighted by molar-refractivity contribution is 0.141. The maximum Gasteiger partial charge on any atom is 0.203 e. The Balaban J connectivity index is 0.000000196. The molecule has 8 heteroatoms. The molecule has 0 N–H and O–H groups in total. The molecule has 0 saturated carbocycles. The highest BCUT2D eigenvalue weighted by atomic mass is 19.1. The molecule has 35 heavy (non-hydrogen) atoms. The van der Waals surface area contributed by atoms with E-state index in [0.29, 0.717) is 36.0 Å². The monoisotopic (exact) mass is 476 g/mol.